The Bertz CT molecular complexity index is 371. The monoisotopic (exact) mass is 162 g/mol. The first-order chi connectivity index (χ1) is 5.79. The van der Waals surface area contributed by atoms with Crippen molar-refractivity contribution >= 4 is 11.7 Å². The van der Waals surface area contributed by atoms with E-state index in [4.69, 9.17) is 5.11 Å². The predicted molar refractivity (Wildman–Crippen MR) is 42.1 cm³/mol. The average molecular weight is 162 g/mol. The number of aliphatic carboxylic acids is 1. The number of carboxylic acid groups (broad SMARTS) is 1. The van der Waals surface area contributed by atoms with Crippen LogP contribution in [0.25, 0.3) is 0 Å². The van der Waals surface area contributed by atoms with Crippen LogP contribution in [0.4, 0.5) is 0 Å². The first kappa shape index (κ1) is 6.97. The van der Waals surface area contributed by atoms with Crippen LogP contribution in [0.5, 0.6) is 0 Å². The van der Waals surface area contributed by atoms with Gasteiger partial charge in [0.05, 0.1) is 6.54 Å². The molecule has 2 rings (SSSR count). The number of hydrogen-bond acceptors (Lipinski definition) is 3. The molecule has 1 aliphatic rings. The molecular weight excluding hydrogens is 156 g/mol. The predicted octanol–water partition coefficient (Wildman–Crippen LogP) is 0.469. The molecule has 1 aliphatic heterocycles. The number of carbonyl (C=O) groups is 1. The van der Waals surface area contributed by atoms with Crippen molar-refractivity contribution in [3.63, 3.8) is 0 Å². The summed E-state index contributed by atoms with van der Waals surface area (Å²) in [7, 11) is 0. The Morgan fingerprint density at radius 1 is 1.58 bits per heavy atom. The molecule has 12 heavy (non-hydrogen) atoms. The van der Waals surface area contributed by atoms with Crippen LogP contribution >= 0.6 is 0 Å². The maximum absolute atomic E-state index is 10.6. The molecule has 0 bridgehead atoms. The topological polar surface area (TPSA) is 62.5 Å². The minimum atomic E-state index is -0.972. The summed E-state index contributed by atoms with van der Waals surface area (Å²) < 4.78 is 0. The van der Waals surface area contributed by atoms with Crippen LogP contribution in [0.1, 0.15) is 11.1 Å². The molecule has 0 aliphatic carbocycles. The largest absolute Gasteiger partial charge is 0.477 e. The van der Waals surface area contributed by atoms with E-state index in [1.165, 1.54) is 0 Å². The molecule has 1 N–H and O–H groups in total. The summed E-state index contributed by atoms with van der Waals surface area (Å²) in [6.07, 6.45) is 3.22. The number of aromatic nitrogens is 1. The van der Waals surface area contributed by atoms with Gasteiger partial charge in [0.25, 0.3) is 0 Å². The molecule has 4 heteroatoms. The molecule has 0 fully saturated rings. The molecule has 4 nitrogen and oxygen atoms in total. The van der Waals surface area contributed by atoms with Gasteiger partial charge in [-0.2, -0.15) is 0 Å². The van der Waals surface area contributed by atoms with E-state index < -0.39 is 5.97 Å². The van der Waals surface area contributed by atoms with E-state index in [1.807, 2.05) is 0 Å². The van der Waals surface area contributed by atoms with Crippen LogP contribution in [0.15, 0.2) is 23.5 Å². The lowest BCUT2D eigenvalue weighted by Gasteiger charge is -1.95. The normalized spacial score (nSPS) is 13.8. The molecule has 0 aromatic carbocycles. The standard InChI is InChI=1S/C8H6N2O2/c11-8(12)7-6-1-2-9-3-5(6)4-10-7/h1-3H,4H2,(H,11,12). The van der Waals surface area contributed by atoms with E-state index >= 15 is 0 Å². The van der Waals surface area contributed by atoms with Gasteiger partial charge < -0.3 is 5.11 Å². The highest BCUT2D eigenvalue weighted by atomic mass is 16.4. The van der Waals surface area contributed by atoms with E-state index in [1.54, 1.807) is 18.5 Å². The number of carboxylic acids is 1. The summed E-state index contributed by atoms with van der Waals surface area (Å²) in [6, 6.07) is 1.68. The minimum Gasteiger partial charge on any atom is -0.477 e. The van der Waals surface area contributed by atoms with Crippen molar-refractivity contribution in [3.8, 4) is 0 Å². The Balaban J connectivity index is 2.52. The number of aliphatic imine (C=N–C) groups is 1. The third-order valence-corrected chi connectivity index (χ3v) is 1.77. The Morgan fingerprint density at radius 2 is 2.42 bits per heavy atom. The van der Waals surface area contributed by atoms with Gasteiger partial charge in [-0.25, -0.2) is 4.79 Å². The first-order valence-corrected chi connectivity index (χ1v) is 3.50. The fourth-order valence-corrected chi connectivity index (χ4v) is 1.22. The lowest BCUT2D eigenvalue weighted by molar-refractivity contribution is -0.129. The Labute approximate surface area is 68.6 Å². The van der Waals surface area contributed by atoms with Crippen LogP contribution in [0.2, 0.25) is 0 Å². The molecule has 1 aromatic rings. The zero-order chi connectivity index (χ0) is 8.55. The molecule has 0 atom stereocenters. The lowest BCUT2D eigenvalue weighted by Crippen LogP contribution is -2.12. The van der Waals surface area contributed by atoms with E-state index in [0.717, 1.165) is 5.56 Å². The molecule has 0 radical (unpaired) electrons. The second-order valence-corrected chi connectivity index (χ2v) is 2.50. The summed E-state index contributed by atoms with van der Waals surface area (Å²) in [6.45, 7) is 0.435. The quantitative estimate of drug-likeness (QED) is 0.652. The Hall–Kier alpha value is -1.71. The SMILES string of the molecule is O=C(O)C1=NCc2cnccc21. The Kier molecular flexibility index (Phi) is 1.40. The van der Waals surface area contributed by atoms with Crippen LogP contribution in [-0.2, 0) is 11.3 Å². The van der Waals surface area contributed by atoms with E-state index in [9.17, 15) is 4.79 Å². The van der Waals surface area contributed by atoms with Crippen molar-refractivity contribution in [2.24, 2.45) is 4.99 Å². The number of hydrogen-bond donors (Lipinski definition) is 1. The molecule has 0 unspecified atom stereocenters. The third kappa shape index (κ3) is 0.887. The molecule has 0 amide bonds. The molecule has 60 valence electrons. The zero-order valence-electron chi connectivity index (χ0n) is 6.19. The summed E-state index contributed by atoms with van der Waals surface area (Å²) in [5.74, 6) is -0.972. The maximum atomic E-state index is 10.6. The van der Waals surface area contributed by atoms with Crippen molar-refractivity contribution in [2.75, 3.05) is 0 Å². The zero-order valence-corrected chi connectivity index (χ0v) is 6.19. The highest BCUT2D eigenvalue weighted by Crippen LogP contribution is 2.16. The van der Waals surface area contributed by atoms with Crippen molar-refractivity contribution in [3.05, 3.63) is 29.6 Å². The van der Waals surface area contributed by atoms with Crippen molar-refractivity contribution in [1.82, 2.24) is 4.98 Å². The number of pyridine rings is 1. The van der Waals surface area contributed by atoms with Gasteiger partial charge in [-0.15, -0.1) is 0 Å². The van der Waals surface area contributed by atoms with E-state index in [2.05, 4.69) is 9.98 Å². The van der Waals surface area contributed by atoms with Gasteiger partial charge in [0.15, 0.2) is 5.71 Å². The fourth-order valence-electron chi connectivity index (χ4n) is 1.22. The number of fused-ring (bicyclic) bond motifs is 1. The van der Waals surface area contributed by atoms with E-state index in [-0.39, 0.29) is 5.71 Å². The average Bonchev–Trinajstić information content (AvgIpc) is 2.47. The molecule has 0 spiro atoms. The molecule has 0 saturated carbocycles. The summed E-state index contributed by atoms with van der Waals surface area (Å²) in [4.78, 5) is 18.4. The van der Waals surface area contributed by atoms with Gasteiger partial charge in [-0.1, -0.05) is 0 Å². The summed E-state index contributed by atoms with van der Waals surface area (Å²) in [5.41, 5.74) is 1.72. The van der Waals surface area contributed by atoms with Crippen LogP contribution < -0.4 is 0 Å². The van der Waals surface area contributed by atoms with Crippen molar-refractivity contribution < 1.29 is 9.90 Å². The first-order valence-electron chi connectivity index (χ1n) is 3.50. The van der Waals surface area contributed by atoms with Gasteiger partial charge in [-0.3, -0.25) is 9.98 Å². The van der Waals surface area contributed by atoms with E-state index in [0.29, 0.717) is 12.1 Å². The second-order valence-electron chi connectivity index (χ2n) is 2.50. The molecule has 0 saturated heterocycles. The third-order valence-electron chi connectivity index (χ3n) is 1.77. The highest BCUT2D eigenvalue weighted by molar-refractivity contribution is 6.43. The van der Waals surface area contributed by atoms with Gasteiger partial charge in [-0.05, 0) is 6.07 Å². The molecule has 1 aromatic heterocycles. The van der Waals surface area contributed by atoms with Crippen LogP contribution in [-0.4, -0.2) is 21.8 Å². The molecule has 2 heterocycles. The van der Waals surface area contributed by atoms with Gasteiger partial charge >= 0.3 is 5.97 Å². The van der Waals surface area contributed by atoms with Crippen LogP contribution in [0, 0.1) is 0 Å². The smallest absolute Gasteiger partial charge is 0.354 e. The second kappa shape index (κ2) is 2.41. The van der Waals surface area contributed by atoms with Gasteiger partial charge in [0, 0.05) is 23.5 Å². The maximum Gasteiger partial charge on any atom is 0.354 e. The molecular formula is C8H6N2O2. The highest BCUT2D eigenvalue weighted by Gasteiger charge is 2.20. The Morgan fingerprint density at radius 3 is 3.17 bits per heavy atom. The van der Waals surface area contributed by atoms with Crippen molar-refractivity contribution in [1.29, 1.82) is 0 Å². The lowest BCUT2D eigenvalue weighted by atomic mass is 10.1. The van der Waals surface area contributed by atoms with Gasteiger partial charge in [0.1, 0.15) is 0 Å². The van der Waals surface area contributed by atoms with Gasteiger partial charge in [0.2, 0.25) is 0 Å². The van der Waals surface area contributed by atoms with Crippen LogP contribution in [0.3, 0.4) is 0 Å². The summed E-state index contributed by atoms with van der Waals surface area (Å²) in [5, 5.41) is 8.71. The summed E-state index contributed by atoms with van der Waals surface area (Å²) >= 11 is 0. The number of nitrogens with zero attached hydrogens (tertiary/aromatic N) is 2. The fraction of sp³-hybridized carbons (Fsp3) is 0.125. The minimum absolute atomic E-state index is 0.146. The number of rotatable bonds is 1. The van der Waals surface area contributed by atoms with Crippen molar-refractivity contribution in [2.45, 2.75) is 6.54 Å².